The molecule has 1 aromatic carbocycles. The van der Waals surface area contributed by atoms with Crippen molar-refractivity contribution in [2.75, 3.05) is 13.1 Å². The molecule has 0 aliphatic carbocycles. The monoisotopic (exact) mass is 390 g/mol. The van der Waals surface area contributed by atoms with Crippen molar-refractivity contribution in [3.05, 3.63) is 58.9 Å². The van der Waals surface area contributed by atoms with Crippen LogP contribution in [0.5, 0.6) is 0 Å². The van der Waals surface area contributed by atoms with Crippen LogP contribution in [-0.2, 0) is 16.4 Å². The summed E-state index contributed by atoms with van der Waals surface area (Å²) in [5, 5.41) is 0.832. The van der Waals surface area contributed by atoms with Crippen LogP contribution in [0.4, 0.5) is 4.39 Å². The molecule has 3 heterocycles. The summed E-state index contributed by atoms with van der Waals surface area (Å²) >= 11 is 1.34. The highest BCUT2D eigenvalue weighted by molar-refractivity contribution is 7.91. The topological polar surface area (TPSA) is 53.2 Å². The maximum Gasteiger partial charge on any atom is 0.252 e. The van der Waals surface area contributed by atoms with Crippen molar-refractivity contribution in [1.29, 1.82) is 0 Å². The fourth-order valence-corrected chi connectivity index (χ4v) is 6.12. The minimum absolute atomic E-state index is 0.275. The zero-order valence-corrected chi connectivity index (χ0v) is 16.0. The smallest absolute Gasteiger partial charge is 0.252 e. The summed E-state index contributed by atoms with van der Waals surface area (Å²) in [4.78, 5) is 4.22. The molecular weight excluding hydrogens is 371 g/mol. The average Bonchev–Trinajstić information content (AvgIpc) is 3.29. The van der Waals surface area contributed by atoms with Gasteiger partial charge in [0.2, 0.25) is 0 Å². The third-order valence-corrected chi connectivity index (χ3v) is 8.30. The number of nitrogens with zero attached hydrogens (tertiary/aromatic N) is 1. The number of aromatic amines is 1. The molecule has 0 unspecified atom stereocenters. The Morgan fingerprint density at radius 2 is 2.12 bits per heavy atom. The van der Waals surface area contributed by atoms with Gasteiger partial charge in [0, 0.05) is 40.6 Å². The van der Waals surface area contributed by atoms with E-state index in [9.17, 15) is 12.8 Å². The standard InChI is InChI=1S/C19H19FN2O2S2/c1-2-15-4-6-19(25-15)26(23,24)22-9-7-13(8-10-22)17-12-21-18-5-3-14(20)11-16(17)18/h3-7,11-12,21H,2,8-10H2,1H3. The summed E-state index contributed by atoms with van der Waals surface area (Å²) in [5.41, 5.74) is 2.87. The molecule has 136 valence electrons. The van der Waals surface area contributed by atoms with Crippen molar-refractivity contribution in [1.82, 2.24) is 9.29 Å². The number of nitrogens with one attached hydrogen (secondary N) is 1. The SMILES string of the molecule is CCc1ccc(S(=O)(=O)N2CC=C(c3c[nH]c4ccc(F)cc34)CC2)s1. The first kappa shape index (κ1) is 17.5. The van der Waals surface area contributed by atoms with E-state index in [-0.39, 0.29) is 5.82 Å². The fourth-order valence-electron chi connectivity index (χ4n) is 3.29. The molecular formula is C19H19FN2O2S2. The molecule has 0 saturated carbocycles. The Morgan fingerprint density at radius 3 is 2.81 bits per heavy atom. The quantitative estimate of drug-likeness (QED) is 0.717. The van der Waals surface area contributed by atoms with E-state index in [1.807, 2.05) is 25.3 Å². The Kier molecular flexibility index (Phi) is 4.46. The second kappa shape index (κ2) is 6.64. The van der Waals surface area contributed by atoms with Crippen LogP contribution in [0, 0.1) is 5.82 Å². The van der Waals surface area contributed by atoms with Gasteiger partial charge in [-0.2, -0.15) is 4.31 Å². The Labute approximate surface area is 156 Å². The lowest BCUT2D eigenvalue weighted by molar-refractivity contribution is 0.443. The van der Waals surface area contributed by atoms with E-state index in [0.29, 0.717) is 23.7 Å². The van der Waals surface area contributed by atoms with E-state index in [4.69, 9.17) is 0 Å². The molecule has 7 heteroatoms. The van der Waals surface area contributed by atoms with Crippen LogP contribution >= 0.6 is 11.3 Å². The summed E-state index contributed by atoms with van der Waals surface area (Å²) in [5.74, 6) is -0.275. The van der Waals surface area contributed by atoms with Crippen LogP contribution in [0.25, 0.3) is 16.5 Å². The van der Waals surface area contributed by atoms with Gasteiger partial charge in [-0.25, -0.2) is 12.8 Å². The van der Waals surface area contributed by atoms with E-state index < -0.39 is 10.0 Å². The Morgan fingerprint density at radius 1 is 1.27 bits per heavy atom. The molecule has 0 atom stereocenters. The van der Waals surface area contributed by atoms with Crippen LogP contribution in [0.1, 0.15) is 23.8 Å². The van der Waals surface area contributed by atoms with Gasteiger partial charge >= 0.3 is 0 Å². The third kappa shape index (κ3) is 3.00. The number of aryl methyl sites for hydroxylation is 1. The lowest BCUT2D eigenvalue weighted by Crippen LogP contribution is -2.34. The van der Waals surface area contributed by atoms with Gasteiger partial charge in [-0.05, 0) is 48.7 Å². The van der Waals surface area contributed by atoms with Crippen molar-refractivity contribution in [2.45, 2.75) is 24.0 Å². The molecule has 26 heavy (non-hydrogen) atoms. The van der Waals surface area contributed by atoms with Crippen LogP contribution in [0.3, 0.4) is 0 Å². The number of benzene rings is 1. The molecule has 0 fully saturated rings. The van der Waals surface area contributed by atoms with E-state index in [1.165, 1.54) is 27.8 Å². The van der Waals surface area contributed by atoms with Gasteiger partial charge in [-0.3, -0.25) is 0 Å². The maximum atomic E-state index is 13.6. The number of thiophene rings is 1. The molecule has 3 aromatic rings. The molecule has 2 aromatic heterocycles. The van der Waals surface area contributed by atoms with Gasteiger partial charge in [0.25, 0.3) is 10.0 Å². The number of halogens is 1. The molecule has 1 aliphatic rings. The van der Waals surface area contributed by atoms with Crippen molar-refractivity contribution < 1.29 is 12.8 Å². The first-order valence-corrected chi connectivity index (χ1v) is 10.8. The summed E-state index contributed by atoms with van der Waals surface area (Å²) in [6.45, 7) is 2.77. The van der Waals surface area contributed by atoms with Crippen molar-refractivity contribution in [3.8, 4) is 0 Å². The Hall–Kier alpha value is -1.96. The zero-order valence-electron chi connectivity index (χ0n) is 14.3. The maximum absolute atomic E-state index is 13.6. The number of hydrogen-bond donors (Lipinski definition) is 1. The second-order valence-corrected chi connectivity index (χ2v) is 9.64. The largest absolute Gasteiger partial charge is 0.361 e. The molecule has 4 rings (SSSR count). The van der Waals surface area contributed by atoms with E-state index in [1.54, 1.807) is 12.1 Å². The van der Waals surface area contributed by atoms with Gasteiger partial charge in [-0.1, -0.05) is 13.0 Å². The summed E-state index contributed by atoms with van der Waals surface area (Å²) in [7, 11) is -3.45. The minimum Gasteiger partial charge on any atom is -0.361 e. The highest BCUT2D eigenvalue weighted by Gasteiger charge is 2.28. The molecule has 0 bridgehead atoms. The van der Waals surface area contributed by atoms with Crippen molar-refractivity contribution >= 4 is 37.8 Å². The van der Waals surface area contributed by atoms with E-state index in [0.717, 1.165) is 33.3 Å². The van der Waals surface area contributed by atoms with Crippen molar-refractivity contribution in [3.63, 3.8) is 0 Å². The van der Waals surface area contributed by atoms with Crippen LogP contribution < -0.4 is 0 Å². The summed E-state index contributed by atoms with van der Waals surface area (Å²) in [6.07, 6.45) is 5.24. The lowest BCUT2D eigenvalue weighted by Gasteiger charge is -2.25. The van der Waals surface area contributed by atoms with Gasteiger partial charge < -0.3 is 4.98 Å². The molecule has 1 N–H and O–H groups in total. The minimum atomic E-state index is -3.45. The number of fused-ring (bicyclic) bond motifs is 1. The average molecular weight is 391 g/mol. The van der Waals surface area contributed by atoms with Crippen molar-refractivity contribution in [2.24, 2.45) is 0 Å². The van der Waals surface area contributed by atoms with E-state index in [2.05, 4.69) is 4.98 Å². The molecule has 4 nitrogen and oxygen atoms in total. The molecule has 0 radical (unpaired) electrons. The number of hydrogen-bond acceptors (Lipinski definition) is 3. The molecule has 0 saturated heterocycles. The van der Waals surface area contributed by atoms with Crippen LogP contribution in [0.2, 0.25) is 0 Å². The number of sulfonamides is 1. The normalized spacial score (nSPS) is 16.2. The second-order valence-electron chi connectivity index (χ2n) is 6.31. The lowest BCUT2D eigenvalue weighted by atomic mass is 10.00. The molecule has 0 spiro atoms. The number of rotatable bonds is 4. The fraction of sp³-hybridized carbons (Fsp3) is 0.263. The first-order chi connectivity index (χ1) is 12.5. The molecule has 0 amide bonds. The highest BCUT2D eigenvalue weighted by atomic mass is 32.2. The Balaban J connectivity index is 1.60. The van der Waals surface area contributed by atoms with Crippen LogP contribution in [-0.4, -0.2) is 30.8 Å². The van der Waals surface area contributed by atoms with Gasteiger partial charge in [0.1, 0.15) is 10.0 Å². The van der Waals surface area contributed by atoms with Gasteiger partial charge in [0.05, 0.1) is 0 Å². The molecule has 1 aliphatic heterocycles. The predicted octanol–water partition coefficient (Wildman–Crippen LogP) is 4.41. The Bertz CT molecular complexity index is 1100. The van der Waals surface area contributed by atoms with Crippen LogP contribution in [0.15, 0.2) is 46.8 Å². The predicted molar refractivity (Wildman–Crippen MR) is 103 cm³/mol. The number of H-pyrrole nitrogens is 1. The number of aromatic nitrogens is 1. The van der Waals surface area contributed by atoms with Gasteiger partial charge in [0.15, 0.2) is 0 Å². The summed E-state index contributed by atoms with van der Waals surface area (Å²) in [6, 6.07) is 8.24. The van der Waals surface area contributed by atoms with Gasteiger partial charge in [-0.15, -0.1) is 11.3 Å². The third-order valence-electron chi connectivity index (χ3n) is 4.74. The summed E-state index contributed by atoms with van der Waals surface area (Å²) < 4.78 is 41.1. The zero-order chi connectivity index (χ0) is 18.3. The van der Waals surface area contributed by atoms with E-state index >= 15 is 0 Å². The first-order valence-electron chi connectivity index (χ1n) is 8.54. The highest BCUT2D eigenvalue weighted by Crippen LogP contribution is 2.32.